The van der Waals surface area contributed by atoms with E-state index in [1.165, 1.54) is 16.2 Å². The van der Waals surface area contributed by atoms with Crippen LogP contribution >= 0.6 is 22.9 Å². The molecule has 0 unspecified atom stereocenters. The minimum absolute atomic E-state index is 0.0379. The quantitative estimate of drug-likeness (QED) is 0.533. The molecule has 1 fully saturated rings. The fourth-order valence-electron chi connectivity index (χ4n) is 4.44. The number of nitrogens with zero attached hydrogens (tertiary/aromatic N) is 3. The third-order valence-electron chi connectivity index (χ3n) is 6.55. The van der Waals surface area contributed by atoms with E-state index >= 15 is 0 Å². The van der Waals surface area contributed by atoms with E-state index in [0.29, 0.717) is 53.0 Å². The van der Waals surface area contributed by atoms with Gasteiger partial charge in [0.15, 0.2) is 0 Å². The minimum atomic E-state index is -0.152. The molecule has 5 rings (SSSR count). The van der Waals surface area contributed by atoms with Crippen LogP contribution in [0.4, 0.5) is 11.4 Å². The van der Waals surface area contributed by atoms with Crippen molar-refractivity contribution in [3.05, 3.63) is 63.5 Å². The third kappa shape index (κ3) is 4.61. The van der Waals surface area contributed by atoms with Gasteiger partial charge in [-0.25, -0.2) is 0 Å². The van der Waals surface area contributed by atoms with E-state index in [-0.39, 0.29) is 11.8 Å². The van der Waals surface area contributed by atoms with Crippen LogP contribution < -0.4 is 15.4 Å². The van der Waals surface area contributed by atoms with Crippen molar-refractivity contribution in [2.24, 2.45) is 0 Å². The number of anilines is 2. The summed E-state index contributed by atoms with van der Waals surface area (Å²) in [6.45, 7) is 3.61. The standard InChI is InChI=1S/C26H27ClN4O3S/c1-29-8-10-31(11-9-29)25(32)17-3-6-21(20(27)13-17)30(2)26(33)23-14-16-7-12-34-22-15-18(28)4-5-19(22)24(16)35-23/h3-6,13-15H,7-12,28H2,1-2H3. The smallest absolute Gasteiger partial charge is 0.268 e. The molecule has 3 heterocycles. The maximum absolute atomic E-state index is 13.4. The molecule has 2 aliphatic heterocycles. The lowest BCUT2D eigenvalue weighted by Crippen LogP contribution is -2.47. The molecular weight excluding hydrogens is 484 g/mol. The van der Waals surface area contributed by atoms with Crippen LogP contribution in [-0.2, 0) is 6.42 Å². The molecule has 0 bridgehead atoms. The number of piperazine rings is 1. The average Bonchev–Trinajstić information content (AvgIpc) is 3.19. The molecule has 1 aromatic heterocycles. The Morgan fingerprint density at radius 1 is 1.09 bits per heavy atom. The summed E-state index contributed by atoms with van der Waals surface area (Å²) in [7, 11) is 3.75. The first-order valence-electron chi connectivity index (χ1n) is 11.5. The van der Waals surface area contributed by atoms with Crippen LogP contribution in [0.25, 0.3) is 10.4 Å². The van der Waals surface area contributed by atoms with Crippen molar-refractivity contribution < 1.29 is 14.3 Å². The highest BCUT2D eigenvalue weighted by atomic mass is 35.5. The number of ether oxygens (including phenoxy) is 1. The Morgan fingerprint density at radius 2 is 1.86 bits per heavy atom. The number of hydrogen-bond donors (Lipinski definition) is 1. The highest BCUT2D eigenvalue weighted by molar-refractivity contribution is 7.17. The fourth-order valence-corrected chi connectivity index (χ4v) is 5.97. The number of carbonyl (C=O) groups is 2. The number of fused-ring (bicyclic) bond motifs is 3. The molecule has 0 spiro atoms. The Kier molecular flexibility index (Phi) is 6.44. The lowest BCUT2D eigenvalue weighted by Gasteiger charge is -2.32. The van der Waals surface area contributed by atoms with Crippen LogP contribution in [0.3, 0.4) is 0 Å². The average molecular weight is 511 g/mol. The number of nitrogens with two attached hydrogens (primary N) is 1. The molecule has 3 aromatic rings. The van der Waals surface area contributed by atoms with Gasteiger partial charge in [0.1, 0.15) is 5.75 Å². The molecule has 1 saturated heterocycles. The van der Waals surface area contributed by atoms with Crippen molar-refractivity contribution in [2.75, 3.05) is 57.5 Å². The molecule has 2 N–H and O–H groups in total. The number of rotatable bonds is 3. The van der Waals surface area contributed by atoms with E-state index in [9.17, 15) is 9.59 Å². The van der Waals surface area contributed by atoms with Crippen LogP contribution in [0.2, 0.25) is 5.02 Å². The summed E-state index contributed by atoms with van der Waals surface area (Å²) in [5, 5.41) is 0.369. The molecule has 0 radical (unpaired) electrons. The van der Waals surface area contributed by atoms with Crippen molar-refractivity contribution in [3.63, 3.8) is 0 Å². The largest absolute Gasteiger partial charge is 0.492 e. The van der Waals surface area contributed by atoms with E-state index < -0.39 is 0 Å². The zero-order chi connectivity index (χ0) is 24.7. The number of nitrogen functional groups attached to an aromatic ring is 1. The Hall–Kier alpha value is -3.07. The van der Waals surface area contributed by atoms with Crippen LogP contribution in [0.1, 0.15) is 25.6 Å². The second kappa shape index (κ2) is 9.53. The van der Waals surface area contributed by atoms with Gasteiger partial charge in [-0.05, 0) is 49.0 Å². The highest BCUT2D eigenvalue weighted by Crippen LogP contribution is 2.42. The fraction of sp³-hybridized carbons (Fsp3) is 0.308. The molecule has 2 aliphatic rings. The Bertz CT molecular complexity index is 1300. The topological polar surface area (TPSA) is 79.1 Å². The third-order valence-corrected chi connectivity index (χ3v) is 8.05. The summed E-state index contributed by atoms with van der Waals surface area (Å²) in [6, 6.07) is 12.7. The van der Waals surface area contributed by atoms with Gasteiger partial charge in [0, 0.05) is 67.4 Å². The molecule has 0 aliphatic carbocycles. The van der Waals surface area contributed by atoms with Gasteiger partial charge < -0.3 is 25.2 Å². The zero-order valence-electron chi connectivity index (χ0n) is 19.7. The van der Waals surface area contributed by atoms with Crippen LogP contribution in [0, 0.1) is 0 Å². The van der Waals surface area contributed by atoms with E-state index in [1.54, 1.807) is 25.2 Å². The monoisotopic (exact) mass is 510 g/mol. The maximum Gasteiger partial charge on any atom is 0.268 e. The number of likely N-dealkylation sites (N-methyl/N-ethyl adjacent to an activating group) is 1. The first-order valence-corrected chi connectivity index (χ1v) is 12.7. The first kappa shape index (κ1) is 23.7. The molecule has 0 atom stereocenters. The van der Waals surface area contributed by atoms with Gasteiger partial charge in [0.05, 0.1) is 22.2 Å². The predicted molar refractivity (Wildman–Crippen MR) is 141 cm³/mol. The highest BCUT2D eigenvalue weighted by Gasteiger charge is 2.25. The number of hydrogen-bond acceptors (Lipinski definition) is 6. The van der Waals surface area contributed by atoms with Crippen molar-refractivity contribution in [3.8, 4) is 16.2 Å². The molecule has 182 valence electrons. The van der Waals surface area contributed by atoms with Crippen LogP contribution in [0.5, 0.6) is 5.75 Å². The van der Waals surface area contributed by atoms with Gasteiger partial charge in [0.2, 0.25) is 0 Å². The molecule has 2 amide bonds. The van der Waals surface area contributed by atoms with E-state index in [2.05, 4.69) is 4.90 Å². The lowest BCUT2D eigenvalue weighted by molar-refractivity contribution is 0.0664. The Balaban J connectivity index is 1.37. The summed E-state index contributed by atoms with van der Waals surface area (Å²) < 4.78 is 5.86. The van der Waals surface area contributed by atoms with Gasteiger partial charge in [-0.15, -0.1) is 11.3 Å². The molecular formula is C26H27ClN4O3S. The van der Waals surface area contributed by atoms with Gasteiger partial charge in [-0.2, -0.15) is 0 Å². The maximum atomic E-state index is 13.4. The summed E-state index contributed by atoms with van der Waals surface area (Å²) in [4.78, 5) is 33.5. The summed E-state index contributed by atoms with van der Waals surface area (Å²) in [5.74, 6) is 0.548. The first-order chi connectivity index (χ1) is 16.8. The van der Waals surface area contributed by atoms with E-state index in [4.69, 9.17) is 22.1 Å². The van der Waals surface area contributed by atoms with Crippen molar-refractivity contribution in [1.82, 2.24) is 9.80 Å². The molecule has 9 heteroatoms. The number of halogens is 1. The van der Waals surface area contributed by atoms with Crippen molar-refractivity contribution >= 4 is 46.1 Å². The van der Waals surface area contributed by atoms with Gasteiger partial charge in [-0.1, -0.05) is 11.6 Å². The zero-order valence-corrected chi connectivity index (χ0v) is 21.3. The van der Waals surface area contributed by atoms with E-state index in [1.807, 2.05) is 36.2 Å². The lowest BCUT2D eigenvalue weighted by atomic mass is 10.1. The molecule has 35 heavy (non-hydrogen) atoms. The Morgan fingerprint density at radius 3 is 2.60 bits per heavy atom. The second-order valence-corrected chi connectivity index (χ2v) is 10.4. The number of benzene rings is 2. The van der Waals surface area contributed by atoms with Crippen LogP contribution in [0.15, 0.2) is 42.5 Å². The SMILES string of the molecule is CN1CCN(C(=O)c2ccc(N(C)C(=O)c3cc4c(s3)-c3ccc(N)cc3OCC4)c(Cl)c2)CC1. The molecule has 7 nitrogen and oxygen atoms in total. The van der Waals surface area contributed by atoms with Crippen LogP contribution in [-0.4, -0.2) is 68.5 Å². The summed E-state index contributed by atoms with van der Waals surface area (Å²) >= 11 is 8.01. The van der Waals surface area contributed by atoms with Gasteiger partial charge >= 0.3 is 0 Å². The van der Waals surface area contributed by atoms with E-state index in [0.717, 1.165) is 34.8 Å². The van der Waals surface area contributed by atoms with Crippen molar-refractivity contribution in [2.45, 2.75) is 6.42 Å². The van der Waals surface area contributed by atoms with Gasteiger partial charge in [0.25, 0.3) is 11.8 Å². The molecule has 2 aromatic carbocycles. The summed E-state index contributed by atoms with van der Waals surface area (Å²) in [5.41, 5.74) is 9.69. The number of thiophene rings is 1. The predicted octanol–water partition coefficient (Wildman–Crippen LogP) is 4.25. The Labute approximate surface area is 213 Å². The number of amides is 2. The van der Waals surface area contributed by atoms with Gasteiger partial charge in [-0.3, -0.25) is 9.59 Å². The summed E-state index contributed by atoms with van der Waals surface area (Å²) in [6.07, 6.45) is 0.710. The normalized spacial score (nSPS) is 15.6. The molecule has 0 saturated carbocycles. The second-order valence-electron chi connectivity index (χ2n) is 8.94. The minimum Gasteiger partial charge on any atom is -0.492 e. The number of carbonyl (C=O) groups excluding carboxylic acids is 2. The van der Waals surface area contributed by atoms with Crippen molar-refractivity contribution in [1.29, 1.82) is 0 Å².